The third-order valence-corrected chi connectivity index (χ3v) is 8.67. The number of ether oxygens (including phenoxy) is 1. The minimum absolute atomic E-state index is 0.0116. The first-order chi connectivity index (χ1) is 9.06. The van der Waals surface area contributed by atoms with Gasteiger partial charge in [0.1, 0.15) is 6.10 Å². The summed E-state index contributed by atoms with van der Waals surface area (Å²) in [6.07, 6.45) is 5.02. The van der Waals surface area contributed by atoms with Gasteiger partial charge in [0.2, 0.25) is 0 Å². The van der Waals surface area contributed by atoms with E-state index in [1.807, 2.05) is 19.1 Å². The summed E-state index contributed by atoms with van der Waals surface area (Å²) in [5.74, 6) is -0.203. The van der Waals surface area contributed by atoms with Gasteiger partial charge >= 0.3 is 5.97 Å². The number of hydrogen-bond donors (Lipinski definition) is 0. The van der Waals surface area contributed by atoms with Crippen LogP contribution in [0.15, 0.2) is 24.3 Å². The Kier molecular flexibility index (Phi) is 5.38. The van der Waals surface area contributed by atoms with Crippen LogP contribution in [-0.2, 0) is 14.0 Å². The fraction of sp³-hybridized carbons (Fsp3) is 0.688. The van der Waals surface area contributed by atoms with Gasteiger partial charge in [-0.3, -0.25) is 0 Å². The number of esters is 1. The summed E-state index contributed by atoms with van der Waals surface area (Å²) in [6, 6.07) is 0. The zero-order chi connectivity index (χ0) is 15.6. The van der Waals surface area contributed by atoms with Crippen molar-refractivity contribution in [3.8, 4) is 0 Å². The zero-order valence-corrected chi connectivity index (χ0v) is 14.7. The Bertz CT molecular complexity index is 404. The largest absolute Gasteiger partial charge is 0.455 e. The van der Waals surface area contributed by atoms with Crippen LogP contribution in [0.25, 0.3) is 0 Å². The molecule has 3 nitrogen and oxygen atoms in total. The van der Waals surface area contributed by atoms with E-state index in [0.717, 1.165) is 12.0 Å². The summed E-state index contributed by atoms with van der Waals surface area (Å²) in [6.45, 7) is 16.8. The molecule has 1 aliphatic rings. The van der Waals surface area contributed by atoms with Crippen LogP contribution in [0.2, 0.25) is 18.1 Å². The standard InChI is InChI=1S/C16H28O3Si/c1-8-9-14(19-20(6,7)16(3,4)5)11-13-10-12(2)18-15(13)17/h8,10,12,14H,1,9,11H2,2-7H3/t12-,14+/m0/s1. The molecule has 0 aromatic carbocycles. The van der Waals surface area contributed by atoms with E-state index in [4.69, 9.17) is 9.16 Å². The van der Waals surface area contributed by atoms with Crippen LogP contribution < -0.4 is 0 Å². The van der Waals surface area contributed by atoms with Gasteiger partial charge in [0, 0.05) is 12.0 Å². The second-order valence-electron chi connectivity index (χ2n) is 7.03. The summed E-state index contributed by atoms with van der Waals surface area (Å²) < 4.78 is 11.6. The Labute approximate surface area is 124 Å². The van der Waals surface area contributed by atoms with Gasteiger partial charge in [-0.15, -0.1) is 6.58 Å². The average molecular weight is 296 g/mol. The monoisotopic (exact) mass is 296 g/mol. The van der Waals surface area contributed by atoms with E-state index >= 15 is 0 Å². The molecule has 2 atom stereocenters. The molecule has 1 rings (SSSR count). The van der Waals surface area contributed by atoms with Crippen molar-refractivity contribution in [3.63, 3.8) is 0 Å². The van der Waals surface area contributed by atoms with Gasteiger partial charge in [-0.05, 0) is 37.6 Å². The lowest BCUT2D eigenvalue weighted by Gasteiger charge is -2.39. The van der Waals surface area contributed by atoms with Gasteiger partial charge in [0.25, 0.3) is 0 Å². The molecule has 20 heavy (non-hydrogen) atoms. The Morgan fingerprint density at radius 2 is 2.10 bits per heavy atom. The van der Waals surface area contributed by atoms with Crippen molar-refractivity contribution in [1.82, 2.24) is 0 Å². The molecule has 0 radical (unpaired) electrons. The van der Waals surface area contributed by atoms with Crippen molar-refractivity contribution >= 4 is 14.3 Å². The SMILES string of the molecule is C=CC[C@H](CC1=C[C@H](C)OC1=O)O[Si](C)(C)C(C)(C)C. The van der Waals surface area contributed by atoms with Gasteiger partial charge < -0.3 is 9.16 Å². The number of carbonyl (C=O) groups is 1. The maximum atomic E-state index is 11.7. The van der Waals surface area contributed by atoms with Crippen molar-refractivity contribution in [1.29, 1.82) is 0 Å². The summed E-state index contributed by atoms with van der Waals surface area (Å²) in [4.78, 5) is 11.7. The molecule has 0 aromatic heterocycles. The maximum Gasteiger partial charge on any atom is 0.334 e. The molecule has 0 aliphatic carbocycles. The minimum atomic E-state index is -1.84. The van der Waals surface area contributed by atoms with Gasteiger partial charge in [-0.2, -0.15) is 0 Å². The lowest BCUT2D eigenvalue weighted by Crippen LogP contribution is -2.44. The first-order valence-electron chi connectivity index (χ1n) is 7.27. The van der Waals surface area contributed by atoms with Crippen LogP contribution in [0.3, 0.4) is 0 Å². The second kappa shape index (κ2) is 6.27. The van der Waals surface area contributed by atoms with E-state index in [1.54, 1.807) is 0 Å². The van der Waals surface area contributed by atoms with E-state index in [2.05, 4.69) is 40.4 Å². The van der Waals surface area contributed by atoms with E-state index in [0.29, 0.717) is 6.42 Å². The highest BCUT2D eigenvalue weighted by molar-refractivity contribution is 6.74. The van der Waals surface area contributed by atoms with Crippen molar-refractivity contribution in [2.24, 2.45) is 0 Å². The minimum Gasteiger partial charge on any atom is -0.455 e. The highest BCUT2D eigenvalue weighted by Crippen LogP contribution is 2.38. The Balaban J connectivity index is 2.78. The third kappa shape index (κ3) is 4.32. The van der Waals surface area contributed by atoms with Crippen LogP contribution in [0.4, 0.5) is 0 Å². The summed E-state index contributed by atoms with van der Waals surface area (Å²) >= 11 is 0. The number of hydrogen-bond acceptors (Lipinski definition) is 3. The first-order valence-corrected chi connectivity index (χ1v) is 10.2. The van der Waals surface area contributed by atoms with Crippen molar-refractivity contribution in [2.75, 3.05) is 0 Å². The van der Waals surface area contributed by atoms with Gasteiger partial charge in [-0.25, -0.2) is 4.79 Å². The van der Waals surface area contributed by atoms with Gasteiger partial charge in [0.05, 0.1) is 6.10 Å². The third-order valence-electron chi connectivity index (χ3n) is 4.14. The lowest BCUT2D eigenvalue weighted by molar-refractivity contribution is -0.139. The van der Waals surface area contributed by atoms with E-state index in [1.165, 1.54) is 0 Å². The smallest absolute Gasteiger partial charge is 0.334 e. The van der Waals surface area contributed by atoms with Crippen molar-refractivity contribution in [3.05, 3.63) is 24.3 Å². The van der Waals surface area contributed by atoms with Gasteiger partial charge in [-0.1, -0.05) is 26.8 Å². The molecule has 1 heterocycles. The van der Waals surface area contributed by atoms with Crippen LogP contribution in [0.5, 0.6) is 0 Å². The fourth-order valence-electron chi connectivity index (χ4n) is 1.98. The molecule has 1 aliphatic heterocycles. The highest BCUT2D eigenvalue weighted by Gasteiger charge is 2.39. The maximum absolute atomic E-state index is 11.7. The van der Waals surface area contributed by atoms with Gasteiger partial charge in [0.15, 0.2) is 8.32 Å². The van der Waals surface area contributed by atoms with Crippen LogP contribution in [-0.4, -0.2) is 26.5 Å². The summed E-state index contributed by atoms with van der Waals surface area (Å²) in [7, 11) is -1.84. The van der Waals surface area contributed by atoms with E-state index < -0.39 is 8.32 Å². The van der Waals surface area contributed by atoms with Crippen molar-refractivity contribution in [2.45, 2.75) is 70.9 Å². The van der Waals surface area contributed by atoms with Crippen molar-refractivity contribution < 1.29 is 14.0 Å². The predicted octanol–water partition coefficient (Wildman–Crippen LogP) is 4.21. The highest BCUT2D eigenvalue weighted by atomic mass is 28.4. The summed E-state index contributed by atoms with van der Waals surface area (Å²) in [5.41, 5.74) is 0.739. The number of rotatable bonds is 6. The Morgan fingerprint density at radius 3 is 2.50 bits per heavy atom. The average Bonchev–Trinajstić information content (AvgIpc) is 2.55. The fourth-order valence-corrected chi connectivity index (χ4v) is 3.35. The molecule has 114 valence electrons. The number of carbonyl (C=O) groups excluding carboxylic acids is 1. The molecule has 4 heteroatoms. The molecular weight excluding hydrogens is 268 g/mol. The Hall–Kier alpha value is -0.873. The van der Waals surface area contributed by atoms with Crippen LogP contribution in [0, 0.1) is 0 Å². The molecule has 0 saturated heterocycles. The lowest BCUT2D eigenvalue weighted by atomic mass is 10.1. The first kappa shape index (κ1) is 17.2. The zero-order valence-electron chi connectivity index (χ0n) is 13.7. The molecule has 0 fully saturated rings. The molecule has 0 N–H and O–H groups in total. The summed E-state index contributed by atoms with van der Waals surface area (Å²) in [5, 5.41) is 0.157. The topological polar surface area (TPSA) is 35.5 Å². The molecule has 0 unspecified atom stereocenters. The Morgan fingerprint density at radius 1 is 1.50 bits per heavy atom. The molecule has 0 aromatic rings. The quantitative estimate of drug-likeness (QED) is 0.418. The molecule has 0 bridgehead atoms. The van der Waals surface area contributed by atoms with Crippen LogP contribution in [0.1, 0.15) is 40.5 Å². The molecule has 0 amide bonds. The molecule has 0 spiro atoms. The molecule has 0 saturated carbocycles. The van der Waals surface area contributed by atoms with E-state index in [9.17, 15) is 4.79 Å². The second-order valence-corrected chi connectivity index (χ2v) is 11.8. The predicted molar refractivity (Wildman–Crippen MR) is 85.1 cm³/mol. The van der Waals surface area contributed by atoms with E-state index in [-0.39, 0.29) is 23.2 Å². The van der Waals surface area contributed by atoms with Crippen LogP contribution >= 0.6 is 0 Å². The molecular formula is C16H28O3Si. The number of cyclic esters (lactones) is 1. The normalized spacial score (nSPS) is 21.4.